The van der Waals surface area contributed by atoms with Gasteiger partial charge in [0.1, 0.15) is 0 Å². The highest BCUT2D eigenvalue weighted by Crippen LogP contribution is -0.00896. The van der Waals surface area contributed by atoms with Crippen molar-refractivity contribution in [3.63, 3.8) is 0 Å². The van der Waals surface area contributed by atoms with Crippen LogP contribution in [-0.2, 0) is 0 Å². The Morgan fingerprint density at radius 1 is 0.231 bits per heavy atom. The van der Waals surface area contributed by atoms with Crippen LogP contribution in [0.25, 0.3) is 0 Å². The summed E-state index contributed by atoms with van der Waals surface area (Å²) in [4.78, 5) is 0. The van der Waals surface area contributed by atoms with E-state index in [9.17, 15) is 0 Å². The first-order valence-electron chi connectivity index (χ1n) is 2.00. The Morgan fingerprint density at radius 2 is 0.231 bits per heavy atom. The number of hydrogen-bond donors (Lipinski definition) is 12. The van der Waals surface area contributed by atoms with Crippen molar-refractivity contribution in [3.05, 3.63) is 0 Å². The zero-order valence-corrected chi connectivity index (χ0v) is 7.43. The Morgan fingerprint density at radius 3 is 0.231 bits per heavy atom. The predicted octanol–water partition coefficient (Wildman–Crippen LogP) is -7.91. The third kappa shape index (κ3) is 3820. The van der Waals surface area contributed by atoms with Gasteiger partial charge < -0.3 is 5.48 Å². The second-order valence-corrected chi connectivity index (χ2v) is 0. The molecule has 13 heavy (non-hydrogen) atoms. The summed E-state index contributed by atoms with van der Waals surface area (Å²) >= 11 is 0. The molecule has 13 nitrogen and oxygen atoms in total. The molecule has 0 aliphatic heterocycles. The molecule has 0 bridgehead atoms. The van der Waals surface area contributed by atoms with Gasteiger partial charge in [0.25, 0.3) is 0 Å². The molecular weight excluding hydrogens is 184 g/mol. The fraction of sp³-hybridized carbons (Fsp3) is 0. The summed E-state index contributed by atoms with van der Waals surface area (Å²) in [6.07, 6.45) is 0. The van der Waals surface area contributed by atoms with Gasteiger partial charge >= 0.3 is 0 Å². The monoisotopic (exact) mass is 210 g/mol. The minimum Gasteiger partial charge on any atom is -0.412 e. The van der Waals surface area contributed by atoms with E-state index in [1.54, 1.807) is 0 Å². The Bertz CT molecular complexity index is 5.09. The minimum absolute atomic E-state index is 0. The highest BCUT2D eigenvalue weighted by atomic mass is 16.0. The van der Waals surface area contributed by atoms with Gasteiger partial charge in [0.05, 0.1) is 0 Å². The summed E-state index contributed by atoms with van der Waals surface area (Å²) in [6, 6.07) is 0. The maximum atomic E-state index is 4.00. The van der Waals surface area contributed by atoms with Crippen LogP contribution in [0.2, 0.25) is 0 Å². The van der Waals surface area contributed by atoms with E-state index < -0.39 is 0 Å². The van der Waals surface area contributed by atoms with Crippen LogP contribution >= 0.6 is 0 Å². The van der Waals surface area contributed by atoms with Crippen molar-refractivity contribution < 1.29 is 5.48 Å². The number of rotatable bonds is 0. The summed E-state index contributed by atoms with van der Waals surface area (Å²) in [5.41, 5.74) is 0. The zero-order valence-electron chi connectivity index (χ0n) is 7.43. The zero-order chi connectivity index (χ0) is 12.0. The molecule has 26 N–H and O–H groups in total. The molecule has 0 aliphatic carbocycles. The Balaban J connectivity index is -0.00000000655. The van der Waals surface area contributed by atoms with Gasteiger partial charge in [-0.05, 0) is 0 Å². The van der Waals surface area contributed by atoms with E-state index in [4.69, 9.17) is 0 Å². The van der Waals surface area contributed by atoms with Gasteiger partial charge in [0.2, 0.25) is 0 Å². The molecule has 0 saturated heterocycles. The van der Waals surface area contributed by atoms with Crippen LogP contribution in [0.3, 0.4) is 0 Å². The maximum absolute atomic E-state index is 4.00. The molecule has 0 heterocycles. The quantitative estimate of drug-likeness (QED) is 0.131. The van der Waals surface area contributed by atoms with E-state index in [-0.39, 0.29) is 5.48 Å². The predicted molar refractivity (Wildman–Crippen MR) is 53.9 cm³/mol. The van der Waals surface area contributed by atoms with Crippen LogP contribution < -0.4 is 70.1 Å². The average molecular weight is 210 g/mol. The van der Waals surface area contributed by atoms with Crippen molar-refractivity contribution >= 4 is 0 Å². The molecular formula is H26N12O. The molecule has 0 spiro atoms. The largest absolute Gasteiger partial charge is 0.412 e. The fourth-order valence-corrected chi connectivity index (χ4v) is 0. The molecule has 0 fully saturated rings. The lowest BCUT2D eigenvalue weighted by molar-refractivity contribution is 0.824. The lowest BCUT2D eigenvalue weighted by Crippen LogP contribution is -2.02. The second-order valence-electron chi connectivity index (χ2n) is 0. The van der Waals surface area contributed by atoms with E-state index in [1.807, 2.05) is 0 Å². The number of hydrogen-bond acceptors (Lipinski definition) is 12. The van der Waals surface area contributed by atoms with Crippen molar-refractivity contribution in [3.8, 4) is 0 Å². The summed E-state index contributed by atoms with van der Waals surface area (Å²) < 4.78 is 0. The molecule has 0 radical (unpaired) electrons. The lowest BCUT2D eigenvalue weighted by Gasteiger charge is -1.27. The normalized spacial score (nSPS) is 2.77. The summed E-state index contributed by atoms with van der Waals surface area (Å²) in [7, 11) is 0. The summed E-state index contributed by atoms with van der Waals surface area (Å²) in [5, 5.41) is 0. The van der Waals surface area contributed by atoms with Gasteiger partial charge in [-0.25, -0.2) is 0 Å². The molecule has 13 heteroatoms. The minimum atomic E-state index is 0. The highest BCUT2D eigenvalue weighted by Gasteiger charge is 0.736. The standard InChI is InChI=1S/6H4N2.H2O/c6*1-2;/h6*1-2H2;1H2. The van der Waals surface area contributed by atoms with Crippen LogP contribution in [0.1, 0.15) is 0 Å². The Hall–Kier alpha value is -0.520. The van der Waals surface area contributed by atoms with Gasteiger partial charge in [-0.1, -0.05) is 0 Å². The van der Waals surface area contributed by atoms with E-state index >= 15 is 0 Å². The molecule has 0 saturated carbocycles. The first kappa shape index (κ1) is 54.8. The molecule has 0 aromatic carbocycles. The topological polar surface area (TPSA) is 344 Å². The van der Waals surface area contributed by atoms with Crippen molar-refractivity contribution in [2.24, 2.45) is 70.1 Å². The van der Waals surface area contributed by atoms with Gasteiger partial charge in [-0.2, -0.15) is 0 Å². The van der Waals surface area contributed by atoms with E-state index in [0.29, 0.717) is 0 Å². The average Bonchev–Trinajstić information content (AvgIpc) is 2.33. The van der Waals surface area contributed by atoms with Crippen molar-refractivity contribution in [1.82, 2.24) is 0 Å². The van der Waals surface area contributed by atoms with Gasteiger partial charge in [-0.3, -0.25) is 70.1 Å². The van der Waals surface area contributed by atoms with Crippen LogP contribution in [0, 0.1) is 0 Å². The third-order valence-corrected chi connectivity index (χ3v) is 0. The van der Waals surface area contributed by atoms with E-state index in [2.05, 4.69) is 70.1 Å². The van der Waals surface area contributed by atoms with Crippen molar-refractivity contribution in [1.29, 1.82) is 0 Å². The third-order valence-electron chi connectivity index (χ3n) is 0. The second kappa shape index (κ2) is 4660. The fourth-order valence-electron chi connectivity index (χ4n) is 0. The molecule has 0 unspecified atom stereocenters. The van der Waals surface area contributed by atoms with Crippen LogP contribution in [0.5, 0.6) is 0 Å². The van der Waals surface area contributed by atoms with Gasteiger partial charge in [0, 0.05) is 0 Å². The Labute approximate surface area is 76.8 Å². The van der Waals surface area contributed by atoms with Crippen molar-refractivity contribution in [2.75, 3.05) is 0 Å². The first-order chi connectivity index (χ1) is 6.00. The van der Waals surface area contributed by atoms with Gasteiger partial charge in [-0.15, -0.1) is 0 Å². The molecule has 0 atom stereocenters. The van der Waals surface area contributed by atoms with Crippen LogP contribution in [0.15, 0.2) is 0 Å². The van der Waals surface area contributed by atoms with Crippen LogP contribution in [-0.4, -0.2) is 5.48 Å². The van der Waals surface area contributed by atoms with E-state index in [0.717, 1.165) is 0 Å². The highest BCUT2D eigenvalue weighted by molar-refractivity contribution is 3.27. The SMILES string of the molecule is NN.NN.NN.NN.NN.NN.O. The lowest BCUT2D eigenvalue weighted by atomic mass is 13.0. The molecule has 0 rings (SSSR count). The molecule has 92 valence electrons. The summed E-state index contributed by atoms with van der Waals surface area (Å²) in [6.45, 7) is 0. The Kier molecular flexibility index (Phi) is 19600. The molecule has 0 amide bonds. The molecule has 0 aliphatic rings. The molecule has 0 aromatic heterocycles. The smallest absolute Gasteiger partial charge is 0.274 e. The maximum Gasteiger partial charge on any atom is -0.274 e. The molecule has 0 aromatic rings. The first-order valence-corrected chi connectivity index (χ1v) is 2.00. The number of hydrazine groups is 6. The van der Waals surface area contributed by atoms with Crippen LogP contribution in [0.4, 0.5) is 0 Å². The van der Waals surface area contributed by atoms with Gasteiger partial charge in [0.15, 0.2) is 0 Å². The summed E-state index contributed by atoms with van der Waals surface area (Å²) in [5.74, 6) is 48.0. The number of nitrogens with two attached hydrogens (primary N) is 12. The van der Waals surface area contributed by atoms with E-state index in [1.165, 1.54) is 0 Å². The van der Waals surface area contributed by atoms with Crippen molar-refractivity contribution in [2.45, 2.75) is 0 Å².